The smallest absolute Gasteiger partial charge is 0.153 e. The highest BCUT2D eigenvalue weighted by Crippen LogP contribution is 2.15. The Morgan fingerprint density at radius 1 is 1.17 bits per heavy atom. The van der Waals surface area contributed by atoms with E-state index >= 15 is 0 Å². The first-order chi connectivity index (χ1) is 8.40. The summed E-state index contributed by atoms with van der Waals surface area (Å²) in [6.45, 7) is 3.97. The van der Waals surface area contributed by atoms with Crippen molar-refractivity contribution in [2.24, 2.45) is 0 Å². The van der Waals surface area contributed by atoms with E-state index in [4.69, 9.17) is 4.74 Å². The van der Waals surface area contributed by atoms with Gasteiger partial charge in [0.05, 0.1) is 5.56 Å². The highest BCUT2D eigenvalue weighted by molar-refractivity contribution is 5.79. The molecule has 1 saturated heterocycles. The number of nitrogens with zero attached hydrogens (tertiary/aromatic N) is 1. The molecular weight excluding hydrogens is 250 g/mol. The van der Waals surface area contributed by atoms with Gasteiger partial charge in [0.1, 0.15) is 12.4 Å². The molecule has 0 radical (unpaired) electrons. The Bertz CT molecular complexity index is 365. The van der Waals surface area contributed by atoms with Gasteiger partial charge in [0, 0.05) is 6.54 Å². The Balaban J connectivity index is 0.00000162. The monoisotopic (exact) mass is 268 g/mol. The van der Waals surface area contributed by atoms with Crippen molar-refractivity contribution >= 4 is 6.29 Å². The topological polar surface area (TPSA) is 29.5 Å². The first kappa shape index (κ1) is 15.0. The predicted molar refractivity (Wildman–Crippen MR) is 67.6 cm³/mol. The number of carbonyl (C=O) groups excluding carboxylic acids is 1. The van der Waals surface area contributed by atoms with Crippen LogP contribution in [0.1, 0.15) is 29.6 Å². The van der Waals surface area contributed by atoms with E-state index in [-0.39, 0.29) is 12.4 Å². The Morgan fingerprint density at radius 2 is 1.89 bits per heavy atom. The number of rotatable bonds is 5. The third-order valence-corrected chi connectivity index (χ3v) is 3.16. The molecule has 2 rings (SSSR count). The number of likely N-dealkylation sites (tertiary alicyclic amines) is 1. The zero-order chi connectivity index (χ0) is 11.9. The average Bonchev–Trinajstić information content (AvgIpc) is 2.40. The maximum atomic E-state index is 10.8. The minimum Gasteiger partial charge on any atom is -1.00 e. The molecule has 0 unspecified atom stereocenters. The van der Waals surface area contributed by atoms with E-state index in [9.17, 15) is 4.79 Å². The number of halogens is 1. The molecule has 0 aromatic heterocycles. The van der Waals surface area contributed by atoms with Gasteiger partial charge in [-0.3, -0.25) is 9.69 Å². The highest BCUT2D eigenvalue weighted by Gasteiger charge is 2.09. The summed E-state index contributed by atoms with van der Waals surface area (Å²) >= 11 is 0. The third-order valence-electron chi connectivity index (χ3n) is 3.16. The molecule has 0 bridgehead atoms. The summed E-state index contributed by atoms with van der Waals surface area (Å²) in [5.41, 5.74) is 0.631. The maximum Gasteiger partial charge on any atom is 0.153 e. The van der Waals surface area contributed by atoms with Crippen LogP contribution in [0.2, 0.25) is 0 Å². The lowest BCUT2D eigenvalue weighted by Crippen LogP contribution is -3.00. The quantitative estimate of drug-likeness (QED) is 0.666. The highest BCUT2D eigenvalue weighted by atomic mass is 35.5. The van der Waals surface area contributed by atoms with Crippen molar-refractivity contribution in [1.82, 2.24) is 4.90 Å². The first-order valence-electron chi connectivity index (χ1n) is 6.29. The second kappa shape index (κ2) is 8.11. The molecule has 3 nitrogen and oxygen atoms in total. The second-order valence-corrected chi connectivity index (χ2v) is 4.41. The average molecular weight is 269 g/mol. The molecule has 0 N–H and O–H groups in total. The lowest BCUT2D eigenvalue weighted by molar-refractivity contribution is -0.0000106. The predicted octanol–water partition coefficient (Wildman–Crippen LogP) is -0.632. The van der Waals surface area contributed by atoms with Crippen LogP contribution in [0.3, 0.4) is 0 Å². The molecule has 0 amide bonds. The number of benzene rings is 1. The zero-order valence-electron chi connectivity index (χ0n) is 10.5. The van der Waals surface area contributed by atoms with Gasteiger partial charge in [-0.25, -0.2) is 0 Å². The van der Waals surface area contributed by atoms with Gasteiger partial charge in [-0.15, -0.1) is 0 Å². The fourth-order valence-electron chi connectivity index (χ4n) is 2.18. The summed E-state index contributed by atoms with van der Waals surface area (Å²) in [7, 11) is 0. The van der Waals surface area contributed by atoms with Crippen molar-refractivity contribution in [2.75, 3.05) is 26.2 Å². The fraction of sp³-hybridized carbons (Fsp3) is 0.500. The molecule has 4 heteroatoms. The number of piperidine rings is 1. The number of aldehydes is 1. The van der Waals surface area contributed by atoms with E-state index in [1.807, 2.05) is 18.2 Å². The molecule has 1 heterocycles. The third kappa shape index (κ3) is 4.31. The molecule has 1 aromatic carbocycles. The standard InChI is InChI=1S/C14H19NO2.ClH/c16-12-13-6-2-3-7-14(13)17-11-10-15-8-4-1-5-9-15;/h2-3,6-7,12H,1,4-5,8-11H2;1H/p-1. The number of ether oxygens (including phenoxy) is 1. The van der Waals surface area contributed by atoms with Crippen molar-refractivity contribution in [3.63, 3.8) is 0 Å². The van der Waals surface area contributed by atoms with Gasteiger partial charge in [0.15, 0.2) is 6.29 Å². The zero-order valence-corrected chi connectivity index (χ0v) is 11.2. The molecule has 0 saturated carbocycles. The van der Waals surface area contributed by atoms with Crippen LogP contribution in [-0.2, 0) is 0 Å². The molecule has 0 aliphatic carbocycles. The van der Waals surface area contributed by atoms with Crippen LogP contribution in [0, 0.1) is 0 Å². The maximum absolute atomic E-state index is 10.8. The van der Waals surface area contributed by atoms with E-state index in [0.717, 1.165) is 12.8 Å². The SMILES string of the molecule is O=Cc1ccccc1OCCN1CCCCC1.[Cl-]. The van der Waals surface area contributed by atoms with Crippen LogP contribution in [0.25, 0.3) is 0 Å². The summed E-state index contributed by atoms with van der Waals surface area (Å²) in [6, 6.07) is 7.37. The largest absolute Gasteiger partial charge is 1.00 e. The van der Waals surface area contributed by atoms with Crippen LogP contribution in [0.5, 0.6) is 5.75 Å². The fourth-order valence-corrected chi connectivity index (χ4v) is 2.18. The number of hydrogen-bond donors (Lipinski definition) is 0. The lowest BCUT2D eigenvalue weighted by Gasteiger charge is -2.26. The Hall–Kier alpha value is -1.06. The van der Waals surface area contributed by atoms with Gasteiger partial charge < -0.3 is 17.1 Å². The van der Waals surface area contributed by atoms with Crippen LogP contribution < -0.4 is 17.1 Å². The van der Waals surface area contributed by atoms with E-state index in [1.54, 1.807) is 6.07 Å². The second-order valence-electron chi connectivity index (χ2n) is 4.41. The minimum absolute atomic E-state index is 0. The summed E-state index contributed by atoms with van der Waals surface area (Å²) in [6.07, 6.45) is 4.79. The van der Waals surface area contributed by atoms with Crippen LogP contribution >= 0.6 is 0 Å². The molecular formula is C14H19ClNO2-. The Labute approximate surface area is 115 Å². The molecule has 1 fully saturated rings. The molecule has 18 heavy (non-hydrogen) atoms. The van der Waals surface area contributed by atoms with E-state index in [2.05, 4.69) is 4.90 Å². The number of para-hydroxylation sites is 1. The van der Waals surface area contributed by atoms with E-state index < -0.39 is 0 Å². The molecule has 100 valence electrons. The molecule has 1 aromatic rings. The molecule has 1 aliphatic heterocycles. The van der Waals surface area contributed by atoms with Crippen LogP contribution in [0.15, 0.2) is 24.3 Å². The summed E-state index contributed by atoms with van der Waals surface area (Å²) in [4.78, 5) is 13.2. The first-order valence-corrected chi connectivity index (χ1v) is 6.29. The van der Waals surface area contributed by atoms with E-state index in [1.165, 1.54) is 32.4 Å². The Kier molecular flexibility index (Phi) is 6.76. The molecule has 0 spiro atoms. The van der Waals surface area contributed by atoms with Gasteiger partial charge in [-0.1, -0.05) is 18.6 Å². The summed E-state index contributed by atoms with van der Waals surface area (Å²) in [5.74, 6) is 0.694. The normalized spacial score (nSPS) is 15.8. The van der Waals surface area contributed by atoms with Gasteiger partial charge in [0.2, 0.25) is 0 Å². The van der Waals surface area contributed by atoms with Gasteiger partial charge >= 0.3 is 0 Å². The van der Waals surface area contributed by atoms with Crippen molar-refractivity contribution in [2.45, 2.75) is 19.3 Å². The van der Waals surface area contributed by atoms with E-state index in [0.29, 0.717) is 17.9 Å². The van der Waals surface area contributed by atoms with Gasteiger partial charge in [-0.2, -0.15) is 0 Å². The summed E-state index contributed by atoms with van der Waals surface area (Å²) in [5, 5.41) is 0. The van der Waals surface area contributed by atoms with Crippen LogP contribution in [-0.4, -0.2) is 37.4 Å². The number of hydrogen-bond acceptors (Lipinski definition) is 3. The van der Waals surface area contributed by atoms with Gasteiger partial charge in [0.25, 0.3) is 0 Å². The van der Waals surface area contributed by atoms with Crippen molar-refractivity contribution < 1.29 is 21.9 Å². The number of carbonyl (C=O) groups is 1. The summed E-state index contributed by atoms with van der Waals surface area (Å²) < 4.78 is 5.66. The van der Waals surface area contributed by atoms with Crippen LogP contribution in [0.4, 0.5) is 0 Å². The van der Waals surface area contributed by atoms with Crippen molar-refractivity contribution in [3.05, 3.63) is 29.8 Å². The molecule has 0 atom stereocenters. The van der Waals surface area contributed by atoms with Crippen molar-refractivity contribution in [3.8, 4) is 5.75 Å². The molecule has 1 aliphatic rings. The lowest BCUT2D eigenvalue weighted by atomic mass is 10.1. The minimum atomic E-state index is 0. The Morgan fingerprint density at radius 3 is 2.61 bits per heavy atom. The van der Waals surface area contributed by atoms with Crippen molar-refractivity contribution in [1.29, 1.82) is 0 Å². The van der Waals surface area contributed by atoms with Gasteiger partial charge in [-0.05, 0) is 38.1 Å².